The maximum absolute atomic E-state index is 7.90. The molecule has 0 atom stereocenters. The molecule has 3 aromatic rings. The number of rotatable bonds is 1. The Bertz CT molecular complexity index is 1130. The van der Waals surface area contributed by atoms with E-state index < -0.39 is 6.85 Å². The Morgan fingerprint density at radius 3 is 2.46 bits per heavy atom. The van der Waals surface area contributed by atoms with Gasteiger partial charge in [-0.05, 0) is 50.0 Å². The lowest BCUT2D eigenvalue weighted by Gasteiger charge is -2.35. The largest absolute Gasteiger partial charge is 0.457 e. The molecule has 0 aliphatic carbocycles. The summed E-state index contributed by atoms with van der Waals surface area (Å²) in [6.07, 6.45) is 1.90. The Kier molecular flexibility index (Phi) is 2.98. The second-order valence-electron chi connectivity index (χ2n) is 7.75. The first-order valence-corrected chi connectivity index (χ1v) is 8.94. The van der Waals surface area contributed by atoms with Crippen molar-refractivity contribution < 1.29 is 13.4 Å². The molecule has 4 rings (SSSR count). The van der Waals surface area contributed by atoms with Crippen LogP contribution in [-0.4, -0.2) is 0 Å². The zero-order valence-corrected chi connectivity index (χ0v) is 16.0. The number of aryl methyl sites for hydroxylation is 4. The van der Waals surface area contributed by atoms with E-state index in [1.54, 1.807) is 0 Å². The molecule has 2 heterocycles. The number of pyridine rings is 1. The van der Waals surface area contributed by atoms with Crippen LogP contribution in [0.25, 0.3) is 11.3 Å². The molecule has 26 heavy (non-hydrogen) atoms. The Labute approximate surface area is 160 Å². The zero-order valence-electron chi connectivity index (χ0n) is 19.0. The molecule has 2 aromatic carbocycles. The van der Waals surface area contributed by atoms with E-state index >= 15 is 0 Å². The third-order valence-corrected chi connectivity index (χ3v) is 5.53. The first-order valence-electron chi connectivity index (χ1n) is 10.4. The van der Waals surface area contributed by atoms with Gasteiger partial charge < -0.3 is 4.74 Å². The van der Waals surface area contributed by atoms with Crippen LogP contribution in [-0.2, 0) is 12.5 Å². The maximum Gasteiger partial charge on any atom is 0.212 e. The SMILES string of the molecule is [2H]C([2H])([2H])c1cc(-c2cc3c(cc2C)Oc2ccccc2C3(C)C)[n+](C)cc1C. The standard InChI is InChI=1S/C24H26NO/c1-15-11-21(25(6)14-17(15)3)18-13-20-23(12-16(18)2)26-22-10-8-7-9-19(22)24(20,4)5/h7-14H,1-6H3/q+1/i1D3. The lowest BCUT2D eigenvalue weighted by molar-refractivity contribution is -0.660. The highest BCUT2D eigenvalue weighted by molar-refractivity contribution is 5.69. The molecule has 2 heteroatoms. The molecule has 0 N–H and O–H groups in total. The molecular weight excluding hydrogens is 318 g/mol. The van der Waals surface area contributed by atoms with Gasteiger partial charge in [-0.1, -0.05) is 32.0 Å². The predicted molar refractivity (Wildman–Crippen MR) is 106 cm³/mol. The molecule has 1 aromatic heterocycles. The molecule has 1 aliphatic heterocycles. The molecule has 0 bridgehead atoms. The lowest BCUT2D eigenvalue weighted by Crippen LogP contribution is -2.32. The van der Waals surface area contributed by atoms with E-state index in [0.717, 1.165) is 45.0 Å². The average Bonchev–Trinajstić information content (AvgIpc) is 2.61. The number of hydrogen-bond donors (Lipinski definition) is 0. The van der Waals surface area contributed by atoms with Gasteiger partial charge in [-0.25, -0.2) is 4.57 Å². The quantitative estimate of drug-likeness (QED) is 0.527. The minimum Gasteiger partial charge on any atom is -0.457 e. The van der Waals surface area contributed by atoms with Crippen molar-refractivity contribution >= 4 is 0 Å². The molecule has 0 amide bonds. The first kappa shape index (κ1) is 13.6. The second-order valence-corrected chi connectivity index (χ2v) is 7.75. The van der Waals surface area contributed by atoms with Crippen LogP contribution in [0.15, 0.2) is 48.7 Å². The summed E-state index contributed by atoms with van der Waals surface area (Å²) in [5, 5.41) is 0. The predicted octanol–water partition coefficient (Wildman–Crippen LogP) is 5.53. The van der Waals surface area contributed by atoms with Gasteiger partial charge in [0.15, 0.2) is 6.20 Å². The van der Waals surface area contributed by atoms with E-state index in [0.29, 0.717) is 5.56 Å². The highest BCUT2D eigenvalue weighted by Crippen LogP contribution is 2.49. The number of nitrogens with zero attached hydrogens (tertiary/aromatic N) is 1. The van der Waals surface area contributed by atoms with Crippen molar-refractivity contribution in [3.63, 3.8) is 0 Å². The van der Waals surface area contributed by atoms with Gasteiger partial charge >= 0.3 is 0 Å². The van der Waals surface area contributed by atoms with Gasteiger partial charge in [-0.2, -0.15) is 0 Å². The Morgan fingerprint density at radius 2 is 1.69 bits per heavy atom. The molecule has 0 unspecified atom stereocenters. The van der Waals surface area contributed by atoms with Crippen molar-refractivity contribution in [2.24, 2.45) is 7.05 Å². The summed E-state index contributed by atoms with van der Waals surface area (Å²) >= 11 is 0. The van der Waals surface area contributed by atoms with Crippen molar-refractivity contribution in [3.8, 4) is 22.8 Å². The summed E-state index contributed by atoms with van der Waals surface area (Å²) in [4.78, 5) is 0. The zero-order chi connectivity index (χ0) is 21.1. The van der Waals surface area contributed by atoms with Crippen LogP contribution in [0.3, 0.4) is 0 Å². The second kappa shape index (κ2) is 5.70. The number of para-hydroxylation sites is 1. The highest BCUT2D eigenvalue weighted by Gasteiger charge is 2.35. The number of benzene rings is 2. The van der Waals surface area contributed by atoms with Crippen molar-refractivity contribution in [1.82, 2.24) is 0 Å². The fourth-order valence-electron chi connectivity index (χ4n) is 3.92. The van der Waals surface area contributed by atoms with E-state index in [4.69, 9.17) is 8.85 Å². The van der Waals surface area contributed by atoms with Crippen molar-refractivity contribution in [1.29, 1.82) is 0 Å². The van der Waals surface area contributed by atoms with Crippen LogP contribution in [0, 0.1) is 20.7 Å². The minimum absolute atomic E-state index is 0.219. The molecular formula is C24H26NO+. The van der Waals surface area contributed by atoms with Crippen molar-refractivity contribution in [2.75, 3.05) is 0 Å². The Hall–Kier alpha value is -2.61. The fraction of sp³-hybridized carbons (Fsp3) is 0.292. The van der Waals surface area contributed by atoms with Gasteiger partial charge in [-0.3, -0.25) is 0 Å². The van der Waals surface area contributed by atoms with E-state index in [2.05, 4.69) is 32.0 Å². The summed E-state index contributed by atoms with van der Waals surface area (Å²) in [6.45, 7) is 6.15. The third kappa shape index (κ3) is 2.44. The summed E-state index contributed by atoms with van der Waals surface area (Å²) in [5.41, 5.74) is 6.15. The summed E-state index contributed by atoms with van der Waals surface area (Å²) < 4.78 is 31.9. The van der Waals surface area contributed by atoms with Gasteiger partial charge in [0.05, 0.1) is 0 Å². The fourth-order valence-corrected chi connectivity index (χ4v) is 3.92. The molecule has 1 aliphatic rings. The average molecular weight is 347 g/mol. The molecule has 0 spiro atoms. The van der Waals surface area contributed by atoms with Gasteiger partial charge in [0.25, 0.3) is 0 Å². The maximum atomic E-state index is 7.90. The first-order chi connectivity index (χ1) is 13.5. The van der Waals surface area contributed by atoms with Crippen LogP contribution in [0.5, 0.6) is 11.5 Å². The topological polar surface area (TPSA) is 13.1 Å². The third-order valence-electron chi connectivity index (χ3n) is 5.53. The van der Waals surface area contributed by atoms with Crippen LogP contribution in [0.1, 0.15) is 45.8 Å². The van der Waals surface area contributed by atoms with E-state index in [-0.39, 0.29) is 5.41 Å². The normalized spacial score (nSPS) is 16.6. The van der Waals surface area contributed by atoms with Crippen molar-refractivity contribution in [3.05, 3.63) is 76.5 Å². The van der Waals surface area contributed by atoms with Gasteiger partial charge in [0.2, 0.25) is 5.69 Å². The van der Waals surface area contributed by atoms with E-state index in [1.807, 2.05) is 55.9 Å². The molecule has 0 saturated carbocycles. The van der Waals surface area contributed by atoms with Crippen LogP contribution >= 0.6 is 0 Å². The Morgan fingerprint density at radius 1 is 0.923 bits per heavy atom. The monoisotopic (exact) mass is 347 g/mol. The van der Waals surface area contributed by atoms with Gasteiger partial charge in [0, 0.05) is 37.8 Å². The van der Waals surface area contributed by atoms with Gasteiger partial charge in [-0.15, -0.1) is 0 Å². The van der Waals surface area contributed by atoms with E-state index in [9.17, 15) is 0 Å². The smallest absolute Gasteiger partial charge is 0.212 e. The van der Waals surface area contributed by atoms with Crippen LogP contribution in [0.4, 0.5) is 0 Å². The highest BCUT2D eigenvalue weighted by atomic mass is 16.5. The number of aromatic nitrogens is 1. The number of hydrogen-bond acceptors (Lipinski definition) is 1. The van der Waals surface area contributed by atoms with Crippen molar-refractivity contribution in [2.45, 2.75) is 40.0 Å². The molecule has 0 saturated heterocycles. The number of ether oxygens (including phenoxy) is 1. The number of fused-ring (bicyclic) bond motifs is 2. The summed E-state index contributed by atoms with van der Waals surface area (Å²) in [6, 6.07) is 14.2. The van der Waals surface area contributed by atoms with E-state index in [1.165, 1.54) is 0 Å². The van der Waals surface area contributed by atoms with Crippen LogP contribution in [0.2, 0.25) is 0 Å². The molecule has 0 fully saturated rings. The summed E-state index contributed by atoms with van der Waals surface area (Å²) in [5.74, 6) is 1.75. The molecule has 0 radical (unpaired) electrons. The molecule has 2 nitrogen and oxygen atoms in total. The summed E-state index contributed by atoms with van der Waals surface area (Å²) in [7, 11) is 1.96. The van der Waals surface area contributed by atoms with Crippen LogP contribution < -0.4 is 9.30 Å². The molecule has 132 valence electrons. The minimum atomic E-state index is -2.14. The van der Waals surface area contributed by atoms with Gasteiger partial charge in [0.1, 0.15) is 18.5 Å². The lowest BCUT2D eigenvalue weighted by atomic mass is 9.74. The Balaban J connectivity index is 1.94.